The Morgan fingerprint density at radius 1 is 1.59 bits per heavy atom. The highest BCUT2D eigenvalue weighted by Gasteiger charge is 2.15. The van der Waals surface area contributed by atoms with E-state index in [2.05, 4.69) is 14.7 Å². The minimum atomic E-state index is -0.347. The zero-order valence-corrected chi connectivity index (χ0v) is 10.9. The first-order valence-electron chi connectivity index (χ1n) is 4.87. The maximum Gasteiger partial charge on any atom is 0.293 e. The van der Waals surface area contributed by atoms with E-state index in [1.165, 1.54) is 0 Å². The first-order chi connectivity index (χ1) is 8.10. The van der Waals surface area contributed by atoms with Crippen LogP contribution in [0.1, 0.15) is 27.7 Å². The third-order valence-corrected chi connectivity index (χ3v) is 3.15. The Morgan fingerprint density at radius 3 is 2.88 bits per heavy atom. The molecule has 2 heterocycles. The van der Waals surface area contributed by atoms with Gasteiger partial charge in [-0.1, -0.05) is 0 Å². The van der Waals surface area contributed by atoms with Crippen LogP contribution in [0, 0.1) is 13.8 Å². The third kappa shape index (κ3) is 2.65. The van der Waals surface area contributed by atoms with E-state index in [4.69, 9.17) is 16.0 Å². The highest BCUT2D eigenvalue weighted by atomic mass is 35.5. The second-order valence-corrected chi connectivity index (χ2v) is 4.45. The molecule has 0 bridgehead atoms. The van der Waals surface area contributed by atoms with Crippen molar-refractivity contribution < 1.29 is 9.21 Å². The molecule has 0 aliphatic heterocycles. The van der Waals surface area contributed by atoms with E-state index in [1.54, 1.807) is 19.9 Å². The van der Waals surface area contributed by atoms with E-state index in [0.29, 0.717) is 22.6 Å². The molecule has 0 spiro atoms. The van der Waals surface area contributed by atoms with Gasteiger partial charge >= 0.3 is 0 Å². The topological polar surface area (TPSA) is 68.0 Å². The number of furan rings is 1. The van der Waals surface area contributed by atoms with Gasteiger partial charge in [0.1, 0.15) is 11.6 Å². The van der Waals surface area contributed by atoms with Crippen molar-refractivity contribution in [3.8, 4) is 0 Å². The van der Waals surface area contributed by atoms with Gasteiger partial charge in [-0.3, -0.25) is 10.1 Å². The summed E-state index contributed by atoms with van der Waals surface area (Å²) < 4.78 is 9.27. The van der Waals surface area contributed by atoms with Crippen molar-refractivity contribution in [1.82, 2.24) is 9.36 Å². The summed E-state index contributed by atoms with van der Waals surface area (Å²) in [6.45, 7) is 3.53. The van der Waals surface area contributed by atoms with Gasteiger partial charge in [-0.15, -0.1) is 11.6 Å². The van der Waals surface area contributed by atoms with Gasteiger partial charge in [0.25, 0.3) is 5.91 Å². The fourth-order valence-corrected chi connectivity index (χ4v) is 2.11. The fourth-order valence-electron chi connectivity index (χ4n) is 1.27. The van der Waals surface area contributed by atoms with Crippen molar-refractivity contribution in [1.29, 1.82) is 0 Å². The number of carbonyl (C=O) groups excluding carboxylic acids is 1. The molecule has 0 aliphatic carbocycles. The number of aromatic nitrogens is 2. The minimum Gasteiger partial charge on any atom is -0.456 e. The maximum atomic E-state index is 11.8. The number of amides is 1. The number of nitrogens with one attached hydrogen (secondary N) is 1. The van der Waals surface area contributed by atoms with Crippen LogP contribution in [-0.4, -0.2) is 15.3 Å². The third-order valence-electron chi connectivity index (χ3n) is 2.14. The molecule has 0 atom stereocenters. The molecular weight excluding hydrogens is 262 g/mol. The average Bonchev–Trinajstić information content (AvgIpc) is 2.85. The normalized spacial score (nSPS) is 10.5. The molecule has 0 radical (unpaired) electrons. The molecule has 90 valence electrons. The zero-order valence-electron chi connectivity index (χ0n) is 9.28. The van der Waals surface area contributed by atoms with Crippen molar-refractivity contribution in [2.24, 2.45) is 0 Å². The fraction of sp³-hybridized carbons (Fsp3) is 0.300. The Kier molecular flexibility index (Phi) is 3.44. The van der Waals surface area contributed by atoms with Crippen LogP contribution in [0.5, 0.6) is 0 Å². The highest BCUT2D eigenvalue weighted by Crippen LogP contribution is 2.18. The van der Waals surface area contributed by atoms with E-state index in [1.807, 2.05) is 0 Å². The molecule has 7 heteroatoms. The Balaban J connectivity index is 2.14. The molecule has 0 saturated heterocycles. The van der Waals surface area contributed by atoms with Gasteiger partial charge < -0.3 is 4.42 Å². The summed E-state index contributed by atoms with van der Waals surface area (Å²) in [6.07, 6.45) is 0. The van der Waals surface area contributed by atoms with Gasteiger partial charge in [0.05, 0.1) is 5.88 Å². The number of anilines is 1. The average molecular weight is 272 g/mol. The Hall–Kier alpha value is -1.40. The number of carbonyl (C=O) groups is 1. The first-order valence-corrected chi connectivity index (χ1v) is 6.18. The lowest BCUT2D eigenvalue weighted by atomic mass is 10.3. The van der Waals surface area contributed by atoms with Gasteiger partial charge in [0.15, 0.2) is 5.76 Å². The summed E-state index contributed by atoms with van der Waals surface area (Å²) in [6, 6.07) is 1.63. The molecule has 17 heavy (non-hydrogen) atoms. The van der Waals surface area contributed by atoms with Crippen LogP contribution in [0.15, 0.2) is 10.5 Å². The molecule has 2 aromatic heterocycles. The molecule has 0 saturated carbocycles. The lowest BCUT2D eigenvalue weighted by molar-refractivity contribution is 0.0995. The van der Waals surface area contributed by atoms with E-state index in [0.717, 1.165) is 17.1 Å². The largest absolute Gasteiger partial charge is 0.456 e. The molecule has 1 amide bonds. The molecule has 0 aliphatic rings. The number of nitrogens with zero attached hydrogens (tertiary/aromatic N) is 2. The molecule has 5 nitrogen and oxygen atoms in total. The summed E-state index contributed by atoms with van der Waals surface area (Å²) in [5.74, 6) is 1.48. The monoisotopic (exact) mass is 271 g/mol. The summed E-state index contributed by atoms with van der Waals surface area (Å²) in [7, 11) is 0. The predicted molar refractivity (Wildman–Crippen MR) is 65.6 cm³/mol. The van der Waals surface area contributed by atoms with Gasteiger partial charge in [-0.2, -0.15) is 4.37 Å². The van der Waals surface area contributed by atoms with Crippen molar-refractivity contribution in [2.45, 2.75) is 19.7 Å². The van der Waals surface area contributed by atoms with E-state index >= 15 is 0 Å². The van der Waals surface area contributed by atoms with Gasteiger partial charge in [0.2, 0.25) is 5.13 Å². The quantitative estimate of drug-likeness (QED) is 0.872. The van der Waals surface area contributed by atoms with Gasteiger partial charge in [-0.25, -0.2) is 4.98 Å². The molecular formula is C10H10ClN3O2S. The summed E-state index contributed by atoms with van der Waals surface area (Å²) in [5, 5.41) is 3.07. The van der Waals surface area contributed by atoms with Crippen LogP contribution in [0.4, 0.5) is 5.13 Å². The van der Waals surface area contributed by atoms with E-state index < -0.39 is 0 Å². The van der Waals surface area contributed by atoms with Crippen LogP contribution in [0.3, 0.4) is 0 Å². The second kappa shape index (κ2) is 4.85. The van der Waals surface area contributed by atoms with Gasteiger partial charge in [-0.05, 0) is 19.9 Å². The molecule has 2 rings (SSSR count). The smallest absolute Gasteiger partial charge is 0.293 e. The highest BCUT2D eigenvalue weighted by molar-refractivity contribution is 7.09. The summed E-state index contributed by atoms with van der Waals surface area (Å²) in [5.41, 5.74) is 0.810. The Morgan fingerprint density at radius 2 is 2.35 bits per heavy atom. The van der Waals surface area contributed by atoms with Crippen LogP contribution in [0.2, 0.25) is 0 Å². The van der Waals surface area contributed by atoms with Crippen molar-refractivity contribution in [3.63, 3.8) is 0 Å². The number of halogens is 1. The van der Waals surface area contributed by atoms with E-state index in [9.17, 15) is 4.79 Å². The number of aryl methyl sites for hydroxylation is 2. The molecule has 0 unspecified atom stereocenters. The number of alkyl halides is 1. The number of hydrogen-bond acceptors (Lipinski definition) is 5. The van der Waals surface area contributed by atoms with Crippen molar-refractivity contribution in [2.75, 3.05) is 5.32 Å². The van der Waals surface area contributed by atoms with Crippen LogP contribution in [0.25, 0.3) is 0 Å². The van der Waals surface area contributed by atoms with Gasteiger partial charge in [0, 0.05) is 17.1 Å². The summed E-state index contributed by atoms with van der Waals surface area (Å²) in [4.78, 5) is 15.8. The van der Waals surface area contributed by atoms with Crippen LogP contribution < -0.4 is 5.32 Å². The summed E-state index contributed by atoms with van der Waals surface area (Å²) >= 11 is 6.83. The SMILES string of the molecule is Cc1nsc(NC(=O)c2cc(CCl)c(C)o2)n1. The Bertz CT molecular complexity index is 549. The second-order valence-electron chi connectivity index (χ2n) is 3.43. The first kappa shape index (κ1) is 12.1. The minimum absolute atomic E-state index is 0.228. The number of rotatable bonds is 3. The van der Waals surface area contributed by atoms with E-state index in [-0.39, 0.29) is 11.7 Å². The van der Waals surface area contributed by atoms with Crippen LogP contribution >= 0.6 is 23.1 Å². The maximum absolute atomic E-state index is 11.8. The molecule has 0 fully saturated rings. The lowest BCUT2D eigenvalue weighted by Gasteiger charge is -1.95. The Labute approximate surface area is 107 Å². The van der Waals surface area contributed by atoms with Crippen molar-refractivity contribution >= 4 is 34.2 Å². The van der Waals surface area contributed by atoms with Crippen molar-refractivity contribution in [3.05, 3.63) is 29.0 Å². The lowest BCUT2D eigenvalue weighted by Crippen LogP contribution is -2.10. The molecule has 1 N–H and O–H groups in total. The zero-order chi connectivity index (χ0) is 12.4. The predicted octanol–water partition coefficient (Wildman–Crippen LogP) is 2.74. The van der Waals surface area contributed by atoms with Crippen LogP contribution in [-0.2, 0) is 5.88 Å². The number of hydrogen-bond donors (Lipinski definition) is 1. The molecule has 2 aromatic rings. The standard InChI is InChI=1S/C10H10ClN3O2S/c1-5-7(4-11)3-8(16-5)9(15)13-10-12-6(2)14-17-10/h3H,4H2,1-2H3,(H,12,13,14,15). The molecule has 0 aromatic carbocycles.